The van der Waals surface area contributed by atoms with Crippen molar-refractivity contribution in [2.75, 3.05) is 12.4 Å². The Kier molecular flexibility index (Phi) is 7.70. The fraction of sp³-hybridized carbons (Fsp3) is 0.435. The summed E-state index contributed by atoms with van der Waals surface area (Å²) in [6, 6.07) is 3.84. The molecule has 0 saturated carbocycles. The van der Waals surface area contributed by atoms with E-state index in [1.165, 1.54) is 18.2 Å². The van der Waals surface area contributed by atoms with Gasteiger partial charge < -0.3 is 18.9 Å². The lowest BCUT2D eigenvalue weighted by Gasteiger charge is -2.47. The highest BCUT2D eigenvalue weighted by atomic mass is 35.5. The van der Waals surface area contributed by atoms with Gasteiger partial charge in [0, 0.05) is 19.4 Å². The Morgan fingerprint density at radius 2 is 1.68 bits per heavy atom. The van der Waals surface area contributed by atoms with Gasteiger partial charge in [0.15, 0.2) is 26.7 Å². The molecule has 1 saturated heterocycles. The zero-order valence-corrected chi connectivity index (χ0v) is 22.1. The normalized spacial score (nSPS) is 20.4. The van der Waals surface area contributed by atoms with Crippen molar-refractivity contribution in [2.45, 2.75) is 51.0 Å². The van der Waals surface area contributed by atoms with E-state index in [1.54, 1.807) is 20.8 Å². The summed E-state index contributed by atoms with van der Waals surface area (Å²) in [5, 5.41) is -2.83. The van der Waals surface area contributed by atoms with Crippen LogP contribution in [-0.2, 0) is 38.5 Å². The Morgan fingerprint density at radius 1 is 1.05 bits per heavy atom. The Labute approximate surface area is 217 Å². The maximum Gasteiger partial charge on any atom is 0.355 e. The van der Waals surface area contributed by atoms with E-state index >= 15 is 0 Å². The van der Waals surface area contributed by atoms with Crippen LogP contribution in [0.4, 0.5) is 0 Å². The van der Waals surface area contributed by atoms with Gasteiger partial charge in [-0.25, -0.2) is 18.0 Å². The molecule has 1 aromatic rings. The van der Waals surface area contributed by atoms with Gasteiger partial charge >= 0.3 is 23.9 Å². The third-order valence-corrected chi connectivity index (χ3v) is 7.51. The third-order valence-electron chi connectivity index (χ3n) is 4.97. The number of alkyl halides is 1. The SMILES string of the molecule is CC(=O)Oc1cccc(C(=O)OCC2=C(C(=O)OC(C)(C)C)N3C(=O)[C@H](Cl)C3S(=O)(=O)C2)c1OC(C)=O. The summed E-state index contributed by atoms with van der Waals surface area (Å²) in [6.07, 6.45) is 0. The second-order valence-corrected chi connectivity index (χ2v) is 11.7. The Balaban J connectivity index is 1.98. The summed E-state index contributed by atoms with van der Waals surface area (Å²) in [7, 11) is -4.03. The van der Waals surface area contributed by atoms with Crippen LogP contribution in [0.1, 0.15) is 45.0 Å². The monoisotopic (exact) mass is 557 g/mol. The number of fused-ring (bicyclic) bond motifs is 1. The molecule has 3 rings (SSSR count). The summed E-state index contributed by atoms with van der Waals surface area (Å²) < 4.78 is 46.2. The number of carbonyl (C=O) groups is 5. The number of hydrogen-bond acceptors (Lipinski definition) is 11. The van der Waals surface area contributed by atoms with E-state index in [2.05, 4.69) is 0 Å². The van der Waals surface area contributed by atoms with Crippen molar-refractivity contribution < 1.29 is 51.3 Å². The van der Waals surface area contributed by atoms with E-state index in [-0.39, 0.29) is 22.6 Å². The van der Waals surface area contributed by atoms with E-state index in [9.17, 15) is 32.4 Å². The summed E-state index contributed by atoms with van der Waals surface area (Å²) in [6.45, 7) is 6.18. The van der Waals surface area contributed by atoms with E-state index in [1.807, 2.05) is 0 Å². The number of carbonyl (C=O) groups excluding carboxylic acids is 5. The average Bonchev–Trinajstić information content (AvgIpc) is 2.75. The molecule has 0 aliphatic carbocycles. The Morgan fingerprint density at radius 3 is 2.24 bits per heavy atom. The Bertz CT molecular complexity index is 1330. The molecule has 200 valence electrons. The number of para-hydroxylation sites is 1. The fourth-order valence-corrected chi connectivity index (χ4v) is 6.22. The summed E-state index contributed by atoms with van der Waals surface area (Å²) in [4.78, 5) is 62.0. The zero-order chi connectivity index (χ0) is 27.9. The third kappa shape index (κ3) is 5.93. The van der Waals surface area contributed by atoms with Crippen molar-refractivity contribution in [1.29, 1.82) is 0 Å². The predicted molar refractivity (Wildman–Crippen MR) is 126 cm³/mol. The van der Waals surface area contributed by atoms with Crippen molar-refractivity contribution >= 4 is 51.2 Å². The number of nitrogens with zero attached hydrogens (tertiary/aromatic N) is 1. The van der Waals surface area contributed by atoms with Gasteiger partial charge in [-0.05, 0) is 32.9 Å². The second-order valence-electron chi connectivity index (χ2n) is 9.16. The molecule has 1 amide bonds. The van der Waals surface area contributed by atoms with Crippen LogP contribution in [0.3, 0.4) is 0 Å². The lowest BCUT2D eigenvalue weighted by Crippen LogP contribution is -2.68. The van der Waals surface area contributed by atoms with Gasteiger partial charge in [0.1, 0.15) is 28.8 Å². The lowest BCUT2D eigenvalue weighted by molar-refractivity contribution is -0.157. The van der Waals surface area contributed by atoms with Gasteiger partial charge in [0.25, 0.3) is 0 Å². The standard InChI is InChI=1S/C23H24ClNO11S/c1-11(26)34-15-8-6-7-14(18(15)35-12(2)27)21(29)33-9-13-10-37(31,32)20-16(24)19(28)25(20)17(13)22(30)36-23(3,4)5/h6-8,16,20H,9-10H2,1-5H3/t16-,20?/m0/s1. The van der Waals surface area contributed by atoms with Crippen LogP contribution < -0.4 is 9.47 Å². The van der Waals surface area contributed by atoms with Gasteiger partial charge in [-0.1, -0.05) is 6.07 Å². The average molecular weight is 558 g/mol. The number of sulfone groups is 1. The van der Waals surface area contributed by atoms with Gasteiger partial charge in [-0.3, -0.25) is 19.3 Å². The molecule has 2 heterocycles. The number of hydrogen-bond donors (Lipinski definition) is 0. The van der Waals surface area contributed by atoms with Crippen molar-refractivity contribution in [3.63, 3.8) is 0 Å². The number of β-lactam (4-membered cyclic amide) rings is 1. The van der Waals surface area contributed by atoms with Crippen LogP contribution in [0.5, 0.6) is 11.5 Å². The molecule has 12 nitrogen and oxygen atoms in total. The molecule has 0 bridgehead atoms. The summed E-state index contributed by atoms with van der Waals surface area (Å²) in [5.41, 5.74) is -1.88. The molecule has 0 aromatic heterocycles. The fourth-order valence-electron chi connectivity index (χ4n) is 3.65. The first kappa shape index (κ1) is 28.1. The van der Waals surface area contributed by atoms with Crippen molar-refractivity contribution in [3.05, 3.63) is 35.0 Å². The minimum absolute atomic E-state index is 0.207. The van der Waals surface area contributed by atoms with Crippen molar-refractivity contribution in [1.82, 2.24) is 4.90 Å². The molecule has 1 fully saturated rings. The number of ether oxygens (including phenoxy) is 4. The summed E-state index contributed by atoms with van der Waals surface area (Å²) in [5.74, 6) is -5.81. The van der Waals surface area contributed by atoms with E-state index < -0.39 is 74.1 Å². The van der Waals surface area contributed by atoms with Crippen molar-refractivity contribution in [2.24, 2.45) is 0 Å². The smallest absolute Gasteiger partial charge is 0.355 e. The molecule has 1 aromatic carbocycles. The van der Waals surface area contributed by atoms with E-state index in [0.717, 1.165) is 18.7 Å². The highest BCUT2D eigenvalue weighted by Gasteiger charge is 2.59. The highest BCUT2D eigenvalue weighted by Crippen LogP contribution is 2.40. The quantitative estimate of drug-likeness (QED) is 0.216. The molecule has 14 heteroatoms. The molecule has 0 N–H and O–H groups in total. The number of rotatable bonds is 6. The van der Waals surface area contributed by atoms with Crippen LogP contribution in [0.15, 0.2) is 29.5 Å². The zero-order valence-electron chi connectivity index (χ0n) is 20.5. The van der Waals surface area contributed by atoms with Gasteiger partial charge in [0.2, 0.25) is 5.91 Å². The first-order valence-corrected chi connectivity index (χ1v) is 13.0. The number of amides is 1. The van der Waals surface area contributed by atoms with Gasteiger partial charge in [0.05, 0.1) is 5.75 Å². The minimum Gasteiger partial charge on any atom is -0.457 e. The molecule has 1 unspecified atom stereocenters. The van der Waals surface area contributed by atoms with Gasteiger partial charge in [-0.2, -0.15) is 0 Å². The molecule has 2 aliphatic rings. The number of halogens is 1. The van der Waals surface area contributed by atoms with Crippen LogP contribution in [0.2, 0.25) is 0 Å². The first-order valence-electron chi connectivity index (χ1n) is 10.8. The van der Waals surface area contributed by atoms with E-state index in [4.69, 9.17) is 30.5 Å². The molecule has 2 atom stereocenters. The lowest BCUT2D eigenvalue weighted by atomic mass is 10.1. The van der Waals surface area contributed by atoms with Gasteiger partial charge in [-0.15, -0.1) is 11.6 Å². The Hall–Kier alpha value is -3.45. The molecular formula is C23H24ClNO11S. The molecular weight excluding hydrogens is 534 g/mol. The molecule has 0 spiro atoms. The van der Waals surface area contributed by atoms with Crippen LogP contribution in [0, 0.1) is 0 Å². The summed E-state index contributed by atoms with van der Waals surface area (Å²) >= 11 is 5.92. The number of esters is 4. The molecule has 37 heavy (non-hydrogen) atoms. The van der Waals surface area contributed by atoms with Crippen LogP contribution in [-0.4, -0.2) is 71.8 Å². The largest absolute Gasteiger partial charge is 0.457 e. The molecule has 2 aliphatic heterocycles. The highest BCUT2D eigenvalue weighted by molar-refractivity contribution is 7.92. The minimum atomic E-state index is -4.03. The van der Waals surface area contributed by atoms with Crippen LogP contribution >= 0.6 is 11.6 Å². The topological polar surface area (TPSA) is 160 Å². The number of benzene rings is 1. The maximum atomic E-state index is 13.0. The van der Waals surface area contributed by atoms with Crippen molar-refractivity contribution in [3.8, 4) is 11.5 Å². The van der Waals surface area contributed by atoms with Crippen LogP contribution in [0.25, 0.3) is 0 Å². The first-order chi connectivity index (χ1) is 17.0. The second kappa shape index (κ2) is 10.1. The molecule has 0 radical (unpaired) electrons. The van der Waals surface area contributed by atoms with E-state index in [0.29, 0.717) is 0 Å². The predicted octanol–water partition coefficient (Wildman–Crippen LogP) is 1.49. The maximum absolute atomic E-state index is 13.0.